The van der Waals surface area contributed by atoms with E-state index in [0.29, 0.717) is 16.9 Å². The van der Waals surface area contributed by atoms with Crippen LogP contribution in [-0.4, -0.2) is 26.1 Å². The number of methoxy groups -OCH3 is 1. The van der Waals surface area contributed by atoms with Crippen molar-refractivity contribution in [1.29, 1.82) is 5.26 Å². The molecule has 0 unspecified atom stereocenters. The molecule has 1 aromatic rings. The third-order valence-electron chi connectivity index (χ3n) is 1.96. The standard InChI is InChI=1S/C12H13FN2O/c1-15(2)8-9(7-14)11-6-10(13)4-5-12(11)16-3/h4-6,8H,1-3H3/b9-8+. The van der Waals surface area contributed by atoms with E-state index in [1.807, 2.05) is 6.07 Å². The van der Waals surface area contributed by atoms with Crippen LogP contribution < -0.4 is 4.74 Å². The smallest absolute Gasteiger partial charge is 0.127 e. The number of rotatable bonds is 3. The number of nitriles is 1. The van der Waals surface area contributed by atoms with Gasteiger partial charge >= 0.3 is 0 Å². The number of hydrogen-bond acceptors (Lipinski definition) is 3. The lowest BCUT2D eigenvalue weighted by atomic mass is 10.1. The summed E-state index contributed by atoms with van der Waals surface area (Å²) in [5.74, 6) is 0.0896. The molecule has 84 valence electrons. The average molecular weight is 220 g/mol. The molecule has 0 saturated heterocycles. The summed E-state index contributed by atoms with van der Waals surface area (Å²) in [5.41, 5.74) is 0.819. The third-order valence-corrected chi connectivity index (χ3v) is 1.96. The Hall–Kier alpha value is -2.02. The summed E-state index contributed by atoms with van der Waals surface area (Å²) < 4.78 is 18.2. The highest BCUT2D eigenvalue weighted by atomic mass is 19.1. The van der Waals surface area contributed by atoms with Gasteiger partial charge in [0.25, 0.3) is 0 Å². The topological polar surface area (TPSA) is 36.3 Å². The SMILES string of the molecule is COc1ccc(F)cc1/C(C#N)=C/N(C)C. The molecule has 0 heterocycles. The quantitative estimate of drug-likeness (QED) is 0.733. The summed E-state index contributed by atoms with van der Waals surface area (Å²) >= 11 is 0. The predicted molar refractivity (Wildman–Crippen MR) is 60.2 cm³/mol. The first-order valence-corrected chi connectivity index (χ1v) is 4.70. The lowest BCUT2D eigenvalue weighted by Gasteiger charge is -2.10. The summed E-state index contributed by atoms with van der Waals surface area (Å²) in [7, 11) is 5.08. The van der Waals surface area contributed by atoms with Gasteiger partial charge in [-0.1, -0.05) is 0 Å². The number of allylic oxidation sites excluding steroid dienone is 1. The Morgan fingerprint density at radius 2 is 2.19 bits per heavy atom. The number of benzene rings is 1. The summed E-state index contributed by atoms with van der Waals surface area (Å²) in [6, 6.07) is 6.12. The fourth-order valence-electron chi connectivity index (χ4n) is 1.31. The van der Waals surface area contributed by atoms with Crippen LogP contribution in [0, 0.1) is 17.1 Å². The lowest BCUT2D eigenvalue weighted by molar-refractivity contribution is 0.412. The molecule has 0 N–H and O–H groups in total. The maximum atomic E-state index is 13.1. The van der Waals surface area contributed by atoms with Gasteiger partial charge in [0.05, 0.1) is 12.7 Å². The van der Waals surface area contributed by atoms with Crippen molar-refractivity contribution in [2.24, 2.45) is 0 Å². The van der Waals surface area contributed by atoms with Crippen molar-refractivity contribution in [2.45, 2.75) is 0 Å². The van der Waals surface area contributed by atoms with Crippen LogP contribution in [0.4, 0.5) is 4.39 Å². The largest absolute Gasteiger partial charge is 0.496 e. The minimum atomic E-state index is -0.393. The minimum Gasteiger partial charge on any atom is -0.496 e. The zero-order chi connectivity index (χ0) is 12.1. The van der Waals surface area contributed by atoms with Gasteiger partial charge in [-0.15, -0.1) is 0 Å². The van der Waals surface area contributed by atoms with E-state index < -0.39 is 5.82 Å². The molecule has 0 aliphatic rings. The number of halogens is 1. The monoisotopic (exact) mass is 220 g/mol. The minimum absolute atomic E-state index is 0.362. The summed E-state index contributed by atoms with van der Waals surface area (Å²) in [6.07, 6.45) is 1.62. The summed E-state index contributed by atoms with van der Waals surface area (Å²) in [5, 5.41) is 9.02. The Balaban J connectivity index is 3.30. The summed E-state index contributed by atoms with van der Waals surface area (Å²) in [4.78, 5) is 1.73. The molecule has 0 bridgehead atoms. The Labute approximate surface area is 94.4 Å². The first-order chi connectivity index (χ1) is 7.58. The van der Waals surface area contributed by atoms with Crippen molar-refractivity contribution in [3.8, 4) is 11.8 Å². The van der Waals surface area contributed by atoms with E-state index in [9.17, 15) is 4.39 Å². The fraction of sp³-hybridized carbons (Fsp3) is 0.250. The zero-order valence-electron chi connectivity index (χ0n) is 9.49. The molecule has 3 nitrogen and oxygen atoms in total. The molecular formula is C12H13FN2O. The molecule has 0 aliphatic carbocycles. The van der Waals surface area contributed by atoms with Crippen molar-refractivity contribution in [1.82, 2.24) is 4.90 Å². The molecule has 0 radical (unpaired) electrons. The van der Waals surface area contributed by atoms with Crippen LogP contribution in [0.3, 0.4) is 0 Å². The van der Waals surface area contributed by atoms with Gasteiger partial charge in [-0.2, -0.15) is 5.26 Å². The highest BCUT2D eigenvalue weighted by Crippen LogP contribution is 2.26. The van der Waals surface area contributed by atoms with Crippen molar-refractivity contribution >= 4 is 5.57 Å². The van der Waals surface area contributed by atoms with Gasteiger partial charge in [0.1, 0.15) is 17.6 Å². The Bertz CT molecular complexity index is 447. The van der Waals surface area contributed by atoms with E-state index in [0.717, 1.165) is 0 Å². The molecular weight excluding hydrogens is 207 g/mol. The van der Waals surface area contributed by atoms with E-state index in [1.54, 1.807) is 25.2 Å². The second kappa shape index (κ2) is 5.17. The van der Waals surface area contributed by atoms with Crippen LogP contribution in [0.25, 0.3) is 5.57 Å². The van der Waals surface area contributed by atoms with Crippen molar-refractivity contribution in [3.63, 3.8) is 0 Å². The second-order valence-corrected chi connectivity index (χ2v) is 3.46. The van der Waals surface area contributed by atoms with E-state index in [2.05, 4.69) is 0 Å². The van der Waals surface area contributed by atoms with E-state index >= 15 is 0 Å². The van der Waals surface area contributed by atoms with Gasteiger partial charge < -0.3 is 9.64 Å². The highest BCUT2D eigenvalue weighted by Gasteiger charge is 2.09. The summed E-state index contributed by atoms with van der Waals surface area (Å²) in [6.45, 7) is 0. The average Bonchev–Trinajstić information content (AvgIpc) is 2.25. The van der Waals surface area contributed by atoms with Gasteiger partial charge in [-0.05, 0) is 18.2 Å². The third kappa shape index (κ3) is 2.74. The Morgan fingerprint density at radius 1 is 1.50 bits per heavy atom. The molecule has 1 aromatic carbocycles. The highest BCUT2D eigenvalue weighted by molar-refractivity contribution is 5.79. The molecule has 16 heavy (non-hydrogen) atoms. The first kappa shape index (κ1) is 12.1. The van der Waals surface area contributed by atoms with Crippen molar-refractivity contribution in [2.75, 3.05) is 21.2 Å². The van der Waals surface area contributed by atoms with Gasteiger partial charge in [-0.3, -0.25) is 0 Å². The maximum Gasteiger partial charge on any atom is 0.127 e. The van der Waals surface area contributed by atoms with Crippen LogP contribution in [0.15, 0.2) is 24.4 Å². The maximum absolute atomic E-state index is 13.1. The molecule has 1 rings (SSSR count). The second-order valence-electron chi connectivity index (χ2n) is 3.46. The molecule has 0 spiro atoms. The van der Waals surface area contributed by atoms with Crippen LogP contribution in [0.1, 0.15) is 5.56 Å². The molecule has 0 atom stereocenters. The molecule has 0 saturated carbocycles. The zero-order valence-corrected chi connectivity index (χ0v) is 9.49. The van der Waals surface area contributed by atoms with Crippen molar-refractivity contribution < 1.29 is 9.13 Å². The van der Waals surface area contributed by atoms with E-state index in [1.165, 1.54) is 25.3 Å². The molecule has 0 aromatic heterocycles. The Kier molecular flexibility index (Phi) is 3.90. The molecule has 4 heteroatoms. The molecule has 0 fully saturated rings. The van der Waals surface area contributed by atoms with Gasteiger partial charge in [-0.25, -0.2) is 4.39 Å². The fourth-order valence-corrected chi connectivity index (χ4v) is 1.31. The molecule has 0 amide bonds. The number of ether oxygens (including phenoxy) is 1. The van der Waals surface area contributed by atoms with Gasteiger partial charge in [0.15, 0.2) is 0 Å². The first-order valence-electron chi connectivity index (χ1n) is 4.70. The number of hydrogen-bond donors (Lipinski definition) is 0. The van der Waals surface area contributed by atoms with Crippen LogP contribution >= 0.6 is 0 Å². The molecule has 0 aliphatic heterocycles. The van der Waals surface area contributed by atoms with E-state index in [4.69, 9.17) is 10.00 Å². The predicted octanol–water partition coefficient (Wildman–Crippen LogP) is 2.26. The van der Waals surface area contributed by atoms with Crippen LogP contribution in [0.2, 0.25) is 0 Å². The van der Waals surface area contributed by atoms with E-state index in [-0.39, 0.29) is 0 Å². The van der Waals surface area contributed by atoms with Crippen LogP contribution in [-0.2, 0) is 0 Å². The Morgan fingerprint density at radius 3 is 2.69 bits per heavy atom. The lowest BCUT2D eigenvalue weighted by Crippen LogP contribution is -2.03. The number of nitrogens with zero attached hydrogens (tertiary/aromatic N) is 2. The van der Waals surface area contributed by atoms with Gasteiger partial charge in [0.2, 0.25) is 0 Å². The normalized spacial score (nSPS) is 10.8. The van der Waals surface area contributed by atoms with Crippen LogP contribution in [0.5, 0.6) is 5.75 Å². The van der Waals surface area contributed by atoms with Gasteiger partial charge in [0, 0.05) is 25.9 Å². The van der Waals surface area contributed by atoms with Crippen molar-refractivity contribution in [3.05, 3.63) is 35.8 Å².